The molecule has 0 bridgehead atoms. The van der Waals surface area contributed by atoms with E-state index >= 15 is 0 Å². The number of nitrogens with zero attached hydrogens (tertiary/aromatic N) is 1. The fourth-order valence-electron chi connectivity index (χ4n) is 3.03. The number of hydrogen-bond acceptors (Lipinski definition) is 2. The molecule has 3 rings (SSSR count). The highest BCUT2D eigenvalue weighted by molar-refractivity contribution is 6.31. The predicted molar refractivity (Wildman–Crippen MR) is 76.2 cm³/mol. The number of benzene rings is 1. The molecule has 102 valence electrons. The van der Waals surface area contributed by atoms with Gasteiger partial charge < -0.3 is 10.2 Å². The smallest absolute Gasteiger partial charge is 0.240 e. The first-order valence-electron chi connectivity index (χ1n) is 7.04. The molecule has 0 radical (unpaired) electrons. The summed E-state index contributed by atoms with van der Waals surface area (Å²) in [5.41, 5.74) is 2.41. The van der Waals surface area contributed by atoms with Crippen molar-refractivity contribution in [3.05, 3.63) is 34.3 Å². The molecule has 1 aromatic rings. The third kappa shape index (κ3) is 2.63. The van der Waals surface area contributed by atoms with Gasteiger partial charge in [0.25, 0.3) is 0 Å². The Morgan fingerprint density at radius 2 is 2.26 bits per heavy atom. The van der Waals surface area contributed by atoms with Gasteiger partial charge in [-0.15, -0.1) is 0 Å². The Morgan fingerprint density at radius 1 is 1.37 bits per heavy atom. The van der Waals surface area contributed by atoms with E-state index in [2.05, 4.69) is 11.4 Å². The highest BCUT2D eigenvalue weighted by Gasteiger charge is 2.28. The van der Waals surface area contributed by atoms with Gasteiger partial charge in [0.15, 0.2) is 0 Å². The molecule has 19 heavy (non-hydrogen) atoms. The second kappa shape index (κ2) is 5.51. The number of rotatable bonds is 1. The minimum Gasteiger partial charge on any atom is -0.337 e. The van der Waals surface area contributed by atoms with Crippen molar-refractivity contribution in [2.45, 2.75) is 38.3 Å². The molecule has 0 aliphatic carbocycles. The van der Waals surface area contributed by atoms with Crippen LogP contribution in [0.15, 0.2) is 18.2 Å². The highest BCUT2D eigenvalue weighted by Crippen LogP contribution is 2.26. The van der Waals surface area contributed by atoms with Gasteiger partial charge in [-0.3, -0.25) is 4.79 Å². The van der Waals surface area contributed by atoms with E-state index < -0.39 is 0 Å². The zero-order valence-corrected chi connectivity index (χ0v) is 11.7. The quantitative estimate of drug-likeness (QED) is 0.855. The first kappa shape index (κ1) is 12.9. The van der Waals surface area contributed by atoms with Crippen LogP contribution in [0, 0.1) is 0 Å². The molecule has 1 N–H and O–H groups in total. The third-order valence-corrected chi connectivity index (χ3v) is 4.48. The van der Waals surface area contributed by atoms with E-state index in [1.165, 1.54) is 17.5 Å². The summed E-state index contributed by atoms with van der Waals surface area (Å²) in [5, 5.41) is 4.17. The van der Waals surface area contributed by atoms with E-state index in [4.69, 9.17) is 11.6 Å². The van der Waals surface area contributed by atoms with Crippen molar-refractivity contribution in [1.29, 1.82) is 0 Å². The SMILES string of the molecule is O=C(C1CCCCN1)N1CCc2c(Cl)cccc2C1. The van der Waals surface area contributed by atoms with Crippen LogP contribution < -0.4 is 5.32 Å². The maximum Gasteiger partial charge on any atom is 0.240 e. The van der Waals surface area contributed by atoms with Gasteiger partial charge in [-0.2, -0.15) is 0 Å². The number of carbonyl (C=O) groups is 1. The lowest BCUT2D eigenvalue weighted by Gasteiger charge is -2.33. The monoisotopic (exact) mass is 278 g/mol. The molecule has 2 aliphatic rings. The number of carbonyl (C=O) groups excluding carboxylic acids is 1. The Bertz CT molecular complexity index is 483. The van der Waals surface area contributed by atoms with Crippen molar-refractivity contribution < 1.29 is 4.79 Å². The van der Waals surface area contributed by atoms with Crippen LogP contribution in [-0.2, 0) is 17.8 Å². The Balaban J connectivity index is 1.73. The van der Waals surface area contributed by atoms with Crippen molar-refractivity contribution in [3.63, 3.8) is 0 Å². The van der Waals surface area contributed by atoms with Crippen molar-refractivity contribution in [2.24, 2.45) is 0 Å². The van der Waals surface area contributed by atoms with Gasteiger partial charge >= 0.3 is 0 Å². The summed E-state index contributed by atoms with van der Waals surface area (Å²) < 4.78 is 0. The molecular weight excluding hydrogens is 260 g/mol. The molecule has 1 aromatic carbocycles. The minimum atomic E-state index is 0.0227. The van der Waals surface area contributed by atoms with Crippen LogP contribution in [0.25, 0.3) is 0 Å². The zero-order chi connectivity index (χ0) is 13.2. The normalized spacial score (nSPS) is 23.0. The van der Waals surface area contributed by atoms with Crippen molar-refractivity contribution in [3.8, 4) is 0 Å². The van der Waals surface area contributed by atoms with Crippen molar-refractivity contribution >= 4 is 17.5 Å². The van der Waals surface area contributed by atoms with E-state index in [-0.39, 0.29) is 11.9 Å². The summed E-state index contributed by atoms with van der Waals surface area (Å²) in [5.74, 6) is 0.255. The molecule has 4 heteroatoms. The largest absolute Gasteiger partial charge is 0.337 e. The molecule has 1 saturated heterocycles. The number of piperidine rings is 1. The maximum atomic E-state index is 12.5. The van der Waals surface area contributed by atoms with Crippen LogP contribution in [0.4, 0.5) is 0 Å². The molecule has 2 aliphatic heterocycles. The van der Waals surface area contributed by atoms with E-state index in [0.29, 0.717) is 6.54 Å². The molecule has 0 spiro atoms. The number of fused-ring (bicyclic) bond motifs is 1. The van der Waals surface area contributed by atoms with Gasteiger partial charge in [-0.05, 0) is 43.0 Å². The van der Waals surface area contributed by atoms with Crippen LogP contribution in [0.2, 0.25) is 5.02 Å². The summed E-state index contributed by atoms with van der Waals surface area (Å²) in [6.07, 6.45) is 4.17. The summed E-state index contributed by atoms with van der Waals surface area (Å²) in [6, 6.07) is 6.00. The predicted octanol–water partition coefficient (Wildman–Crippen LogP) is 2.37. The van der Waals surface area contributed by atoms with Gasteiger partial charge in [0.05, 0.1) is 6.04 Å². The maximum absolute atomic E-state index is 12.5. The summed E-state index contributed by atoms with van der Waals surface area (Å²) in [4.78, 5) is 14.5. The molecular formula is C15H19ClN2O. The topological polar surface area (TPSA) is 32.3 Å². The minimum absolute atomic E-state index is 0.0227. The molecule has 2 heterocycles. The lowest BCUT2D eigenvalue weighted by molar-refractivity contribution is -0.135. The average Bonchev–Trinajstić information content (AvgIpc) is 2.47. The molecule has 1 fully saturated rings. The van der Waals surface area contributed by atoms with Crippen molar-refractivity contribution in [1.82, 2.24) is 10.2 Å². The average molecular weight is 279 g/mol. The number of hydrogen-bond donors (Lipinski definition) is 1. The summed E-state index contributed by atoms with van der Waals surface area (Å²) in [6.45, 7) is 2.45. The van der Waals surface area contributed by atoms with E-state index in [0.717, 1.165) is 37.4 Å². The lowest BCUT2D eigenvalue weighted by Crippen LogP contribution is -2.49. The van der Waals surface area contributed by atoms with Crippen LogP contribution >= 0.6 is 11.6 Å². The summed E-state index contributed by atoms with van der Waals surface area (Å²) >= 11 is 6.20. The molecule has 0 aromatic heterocycles. The fourth-order valence-corrected chi connectivity index (χ4v) is 3.32. The van der Waals surface area contributed by atoms with Gasteiger partial charge in [0.2, 0.25) is 5.91 Å². The standard InChI is InChI=1S/C15H19ClN2O/c16-13-5-3-4-11-10-18(9-7-12(11)13)15(19)14-6-1-2-8-17-14/h3-5,14,17H,1-2,6-10H2. The van der Waals surface area contributed by atoms with Crippen LogP contribution in [0.5, 0.6) is 0 Å². The van der Waals surface area contributed by atoms with Crippen LogP contribution in [-0.4, -0.2) is 29.9 Å². The van der Waals surface area contributed by atoms with Gasteiger partial charge in [0.1, 0.15) is 0 Å². The van der Waals surface area contributed by atoms with Gasteiger partial charge in [0, 0.05) is 18.1 Å². The van der Waals surface area contributed by atoms with Crippen molar-refractivity contribution in [2.75, 3.05) is 13.1 Å². The molecule has 1 unspecified atom stereocenters. The Labute approximate surface area is 118 Å². The number of amides is 1. The van der Waals surface area contributed by atoms with Crippen LogP contribution in [0.3, 0.4) is 0 Å². The van der Waals surface area contributed by atoms with E-state index in [9.17, 15) is 4.79 Å². The first-order valence-corrected chi connectivity index (χ1v) is 7.42. The van der Waals surface area contributed by atoms with E-state index in [1.807, 2.05) is 17.0 Å². The van der Waals surface area contributed by atoms with Gasteiger partial charge in [-0.25, -0.2) is 0 Å². The second-order valence-electron chi connectivity index (χ2n) is 5.39. The zero-order valence-electron chi connectivity index (χ0n) is 11.0. The Morgan fingerprint density at radius 3 is 3.05 bits per heavy atom. The number of halogens is 1. The van der Waals surface area contributed by atoms with E-state index in [1.54, 1.807) is 0 Å². The summed E-state index contributed by atoms with van der Waals surface area (Å²) in [7, 11) is 0. The second-order valence-corrected chi connectivity index (χ2v) is 5.80. The molecule has 1 amide bonds. The highest BCUT2D eigenvalue weighted by atomic mass is 35.5. The fraction of sp³-hybridized carbons (Fsp3) is 0.533. The number of nitrogens with one attached hydrogen (secondary N) is 1. The Hall–Kier alpha value is -1.06. The first-order chi connectivity index (χ1) is 9.25. The van der Waals surface area contributed by atoms with Crippen LogP contribution in [0.1, 0.15) is 30.4 Å². The molecule has 3 nitrogen and oxygen atoms in total. The Kier molecular flexibility index (Phi) is 3.76. The molecule has 1 atom stereocenters. The lowest BCUT2D eigenvalue weighted by atomic mass is 9.97. The van der Waals surface area contributed by atoms with Gasteiger partial charge in [-0.1, -0.05) is 30.2 Å². The third-order valence-electron chi connectivity index (χ3n) is 4.13. The molecule has 0 saturated carbocycles.